The number of aliphatic hydroxyl groups excluding tert-OH is 1. The van der Waals surface area contributed by atoms with Crippen LogP contribution in [0.3, 0.4) is 0 Å². The SMILES string of the molecule is CCOc1ccc2nc(N3C(=O)C(=O)/C(=C(/O)c4cccc(OC)c4)C3c3ccc(OCc4ccccc4)cc3)sc2c1. The average Bonchev–Trinajstić information content (AvgIpc) is 3.58. The van der Waals surface area contributed by atoms with Gasteiger partial charge < -0.3 is 19.3 Å². The van der Waals surface area contributed by atoms with Gasteiger partial charge >= 0.3 is 5.91 Å². The Balaban J connectivity index is 1.43. The predicted molar refractivity (Wildman–Crippen MR) is 166 cm³/mol. The minimum Gasteiger partial charge on any atom is -0.507 e. The van der Waals surface area contributed by atoms with Gasteiger partial charge in [-0.05, 0) is 60.5 Å². The molecule has 0 aliphatic carbocycles. The molecule has 9 heteroatoms. The van der Waals surface area contributed by atoms with Crippen molar-refractivity contribution >= 4 is 44.1 Å². The molecule has 1 aliphatic rings. The fourth-order valence-electron chi connectivity index (χ4n) is 5.01. The molecule has 0 radical (unpaired) electrons. The maximum Gasteiger partial charge on any atom is 0.301 e. The van der Waals surface area contributed by atoms with Crippen molar-refractivity contribution in [3.05, 3.63) is 119 Å². The van der Waals surface area contributed by atoms with Crippen LogP contribution in [0.15, 0.2) is 103 Å². The minimum atomic E-state index is -0.929. The molecule has 8 nitrogen and oxygen atoms in total. The molecule has 0 bridgehead atoms. The number of hydrogen-bond acceptors (Lipinski definition) is 8. The molecule has 6 rings (SSSR count). The number of methoxy groups -OCH3 is 1. The Bertz CT molecular complexity index is 1830. The minimum absolute atomic E-state index is 0.0366. The van der Waals surface area contributed by atoms with E-state index in [9.17, 15) is 14.7 Å². The first-order chi connectivity index (χ1) is 21.0. The third kappa shape index (κ3) is 5.54. The van der Waals surface area contributed by atoms with Crippen molar-refractivity contribution < 1.29 is 28.9 Å². The van der Waals surface area contributed by atoms with E-state index in [0.29, 0.717) is 52.2 Å². The zero-order valence-electron chi connectivity index (χ0n) is 23.5. The molecule has 1 amide bonds. The number of thiazole rings is 1. The molecule has 4 aromatic carbocycles. The molecule has 1 aliphatic heterocycles. The molecule has 0 spiro atoms. The number of amides is 1. The Labute approximate surface area is 252 Å². The monoisotopic (exact) mass is 592 g/mol. The van der Waals surface area contributed by atoms with Gasteiger partial charge in [-0.15, -0.1) is 0 Å². The first kappa shape index (κ1) is 28.0. The summed E-state index contributed by atoms with van der Waals surface area (Å²) in [4.78, 5) is 33.3. The number of ether oxygens (including phenoxy) is 3. The summed E-state index contributed by atoms with van der Waals surface area (Å²) >= 11 is 1.28. The summed E-state index contributed by atoms with van der Waals surface area (Å²) in [5, 5.41) is 11.8. The lowest BCUT2D eigenvalue weighted by atomic mass is 9.95. The molecule has 1 fully saturated rings. The van der Waals surface area contributed by atoms with Crippen molar-refractivity contribution in [1.82, 2.24) is 4.98 Å². The lowest BCUT2D eigenvalue weighted by Gasteiger charge is -2.23. The summed E-state index contributed by atoms with van der Waals surface area (Å²) in [6.45, 7) is 2.81. The number of Topliss-reactive ketones (excluding diaryl/α,β-unsaturated/α-hetero) is 1. The number of benzene rings is 4. The standard InChI is InChI=1S/C34H28N2O6S/c1-3-41-26-16-17-27-28(19-26)43-34(35-27)36-30(22-12-14-24(15-13-22)42-20-21-8-5-4-6-9-21)29(32(38)33(36)39)31(37)23-10-7-11-25(18-23)40-2/h4-19,30,37H,3,20H2,1-2H3/b31-29+. The Hall–Kier alpha value is -5.15. The van der Waals surface area contributed by atoms with Crippen molar-refractivity contribution in [1.29, 1.82) is 0 Å². The van der Waals surface area contributed by atoms with E-state index in [1.807, 2.05) is 55.5 Å². The first-order valence-electron chi connectivity index (χ1n) is 13.7. The van der Waals surface area contributed by atoms with Crippen molar-refractivity contribution in [2.75, 3.05) is 18.6 Å². The maximum absolute atomic E-state index is 13.7. The van der Waals surface area contributed by atoms with Crippen molar-refractivity contribution in [2.24, 2.45) is 0 Å². The first-order valence-corrected chi connectivity index (χ1v) is 14.5. The van der Waals surface area contributed by atoms with Gasteiger partial charge in [-0.3, -0.25) is 14.5 Å². The lowest BCUT2D eigenvalue weighted by molar-refractivity contribution is -0.132. The van der Waals surface area contributed by atoms with Crippen LogP contribution in [0.2, 0.25) is 0 Å². The summed E-state index contributed by atoms with van der Waals surface area (Å²) in [6, 6.07) is 28.3. The summed E-state index contributed by atoms with van der Waals surface area (Å²) in [7, 11) is 1.52. The van der Waals surface area contributed by atoms with Gasteiger partial charge in [-0.1, -0.05) is 65.9 Å². The number of carbonyl (C=O) groups excluding carboxylic acids is 2. The van der Waals surface area contributed by atoms with E-state index >= 15 is 0 Å². The topological polar surface area (TPSA) is 98.2 Å². The van der Waals surface area contributed by atoms with Gasteiger partial charge in [0, 0.05) is 5.56 Å². The summed E-state index contributed by atoms with van der Waals surface area (Å²) in [6.07, 6.45) is 0. The number of carbonyl (C=O) groups is 2. The van der Waals surface area contributed by atoms with Gasteiger partial charge in [0.2, 0.25) is 0 Å². The van der Waals surface area contributed by atoms with E-state index in [2.05, 4.69) is 0 Å². The Morgan fingerprint density at radius 3 is 2.40 bits per heavy atom. The highest BCUT2D eigenvalue weighted by Gasteiger charge is 2.48. The highest BCUT2D eigenvalue weighted by molar-refractivity contribution is 7.22. The second-order valence-corrected chi connectivity index (χ2v) is 10.8. The van der Waals surface area contributed by atoms with Gasteiger partial charge in [0.25, 0.3) is 5.78 Å². The Morgan fingerprint density at radius 1 is 0.884 bits per heavy atom. The van der Waals surface area contributed by atoms with E-state index in [1.54, 1.807) is 48.5 Å². The molecule has 1 N–H and O–H groups in total. The highest BCUT2D eigenvalue weighted by atomic mass is 32.1. The van der Waals surface area contributed by atoms with Gasteiger partial charge in [-0.25, -0.2) is 4.98 Å². The number of aromatic nitrogens is 1. The molecule has 216 valence electrons. The number of fused-ring (bicyclic) bond motifs is 1. The second kappa shape index (κ2) is 12.0. The van der Waals surface area contributed by atoms with Crippen LogP contribution < -0.4 is 19.1 Å². The summed E-state index contributed by atoms with van der Waals surface area (Å²) in [5.41, 5.74) is 2.63. The van der Waals surface area contributed by atoms with Crippen LogP contribution in [0, 0.1) is 0 Å². The van der Waals surface area contributed by atoms with Gasteiger partial charge in [0.15, 0.2) is 5.13 Å². The smallest absolute Gasteiger partial charge is 0.301 e. The Morgan fingerprint density at radius 2 is 1.65 bits per heavy atom. The fraction of sp³-hybridized carbons (Fsp3) is 0.147. The molecule has 2 heterocycles. The zero-order valence-corrected chi connectivity index (χ0v) is 24.3. The van der Waals surface area contributed by atoms with E-state index in [1.165, 1.54) is 23.3 Å². The number of aliphatic hydroxyl groups is 1. The van der Waals surface area contributed by atoms with Crippen molar-refractivity contribution in [3.8, 4) is 17.2 Å². The largest absolute Gasteiger partial charge is 0.507 e. The highest BCUT2D eigenvalue weighted by Crippen LogP contribution is 2.45. The van der Waals surface area contributed by atoms with Crippen LogP contribution in [0.1, 0.15) is 29.7 Å². The molecule has 43 heavy (non-hydrogen) atoms. The van der Waals surface area contributed by atoms with Crippen LogP contribution in [0.5, 0.6) is 17.2 Å². The predicted octanol–water partition coefficient (Wildman–Crippen LogP) is 6.91. The number of rotatable bonds is 9. The molecular weight excluding hydrogens is 564 g/mol. The molecule has 0 saturated carbocycles. The summed E-state index contributed by atoms with van der Waals surface area (Å²) < 4.78 is 17.7. The van der Waals surface area contributed by atoms with E-state index < -0.39 is 17.7 Å². The molecular formula is C34H28N2O6S. The number of anilines is 1. The molecule has 1 saturated heterocycles. The fourth-order valence-corrected chi connectivity index (χ4v) is 6.03. The van der Waals surface area contributed by atoms with E-state index in [0.717, 1.165) is 10.3 Å². The van der Waals surface area contributed by atoms with Gasteiger partial charge in [-0.2, -0.15) is 0 Å². The van der Waals surface area contributed by atoms with Crippen LogP contribution in [-0.2, 0) is 16.2 Å². The van der Waals surface area contributed by atoms with Crippen LogP contribution >= 0.6 is 11.3 Å². The van der Waals surface area contributed by atoms with Gasteiger partial charge in [0.05, 0.1) is 35.5 Å². The van der Waals surface area contributed by atoms with Gasteiger partial charge in [0.1, 0.15) is 29.6 Å². The van der Waals surface area contributed by atoms with E-state index in [-0.39, 0.29) is 11.3 Å². The second-order valence-electron chi connectivity index (χ2n) is 9.80. The van der Waals surface area contributed by atoms with E-state index in [4.69, 9.17) is 19.2 Å². The molecule has 1 unspecified atom stereocenters. The van der Waals surface area contributed by atoms with Crippen molar-refractivity contribution in [3.63, 3.8) is 0 Å². The maximum atomic E-state index is 13.7. The summed E-state index contributed by atoms with van der Waals surface area (Å²) in [5.74, 6) is -0.0550. The van der Waals surface area contributed by atoms with Crippen molar-refractivity contribution in [2.45, 2.75) is 19.6 Å². The molecule has 5 aromatic rings. The Kier molecular flexibility index (Phi) is 7.81. The van der Waals surface area contributed by atoms with Crippen LogP contribution in [-0.4, -0.2) is 35.5 Å². The van der Waals surface area contributed by atoms with Crippen LogP contribution in [0.25, 0.3) is 16.0 Å². The average molecular weight is 593 g/mol. The quantitative estimate of drug-likeness (QED) is 0.113. The lowest BCUT2D eigenvalue weighted by Crippen LogP contribution is -2.29. The normalized spacial score (nSPS) is 16.0. The molecule has 1 aromatic heterocycles. The zero-order chi connectivity index (χ0) is 29.9. The number of ketones is 1. The third-order valence-corrected chi connectivity index (χ3v) is 8.11. The molecule has 1 atom stereocenters. The third-order valence-electron chi connectivity index (χ3n) is 7.10. The van der Waals surface area contributed by atoms with Crippen LogP contribution in [0.4, 0.5) is 5.13 Å². The number of nitrogens with zero attached hydrogens (tertiary/aromatic N) is 2. The number of hydrogen-bond donors (Lipinski definition) is 1.